The van der Waals surface area contributed by atoms with Crippen LogP contribution in [0.1, 0.15) is 19.4 Å². The molecule has 1 aromatic carbocycles. The maximum absolute atomic E-state index is 12.5. The molecule has 1 N–H and O–H groups in total. The monoisotopic (exact) mass is 260 g/mol. The van der Waals surface area contributed by atoms with Crippen molar-refractivity contribution in [1.82, 2.24) is 0 Å². The van der Waals surface area contributed by atoms with Gasteiger partial charge in [-0.15, -0.1) is 6.58 Å². The summed E-state index contributed by atoms with van der Waals surface area (Å²) in [6.45, 7) is 6.55. The van der Waals surface area contributed by atoms with Crippen LogP contribution >= 0.6 is 0 Å². The lowest BCUT2D eigenvalue weighted by atomic mass is 10.0. The molecule has 0 aliphatic rings. The average molecular weight is 260 g/mol. The van der Waals surface area contributed by atoms with Crippen molar-refractivity contribution in [3.63, 3.8) is 0 Å². The number of benzene rings is 1. The van der Waals surface area contributed by atoms with Crippen LogP contribution in [0.4, 0.5) is 13.2 Å². The van der Waals surface area contributed by atoms with Crippen LogP contribution in [0.15, 0.2) is 36.9 Å². The molecule has 1 aromatic rings. The van der Waals surface area contributed by atoms with E-state index < -0.39 is 23.4 Å². The van der Waals surface area contributed by atoms with Gasteiger partial charge in [0.25, 0.3) is 0 Å². The number of hydrogen-bond donors (Lipinski definition) is 1. The van der Waals surface area contributed by atoms with Gasteiger partial charge in [0.1, 0.15) is 17.5 Å². The summed E-state index contributed by atoms with van der Waals surface area (Å²) < 4.78 is 42.9. The molecule has 5 heteroatoms. The minimum Gasteiger partial charge on any atom is -0.485 e. The fourth-order valence-corrected chi connectivity index (χ4v) is 1.38. The van der Waals surface area contributed by atoms with Gasteiger partial charge in [-0.1, -0.05) is 12.1 Å². The number of alkyl halides is 3. The van der Waals surface area contributed by atoms with Crippen molar-refractivity contribution in [2.45, 2.75) is 31.7 Å². The van der Waals surface area contributed by atoms with Gasteiger partial charge < -0.3 is 9.84 Å². The quantitative estimate of drug-likeness (QED) is 0.841. The van der Waals surface area contributed by atoms with E-state index in [2.05, 4.69) is 6.58 Å². The van der Waals surface area contributed by atoms with E-state index in [-0.39, 0.29) is 5.75 Å². The molecule has 0 aliphatic carbocycles. The van der Waals surface area contributed by atoms with Gasteiger partial charge in [-0.25, -0.2) is 0 Å². The number of hydrogen-bond acceptors (Lipinski definition) is 2. The Morgan fingerprint density at radius 3 is 2.44 bits per heavy atom. The van der Waals surface area contributed by atoms with Crippen LogP contribution in [0, 0.1) is 0 Å². The van der Waals surface area contributed by atoms with E-state index in [1.807, 2.05) is 0 Å². The van der Waals surface area contributed by atoms with Gasteiger partial charge in [0, 0.05) is 0 Å². The SMILES string of the molecule is C=CC(O)C(C)(C)Oc1cccc(C(F)(F)F)c1. The Morgan fingerprint density at radius 2 is 1.94 bits per heavy atom. The van der Waals surface area contributed by atoms with Crippen molar-refractivity contribution in [2.75, 3.05) is 0 Å². The molecule has 1 unspecified atom stereocenters. The molecule has 0 bridgehead atoms. The largest absolute Gasteiger partial charge is 0.485 e. The molecule has 2 nitrogen and oxygen atoms in total. The van der Waals surface area contributed by atoms with E-state index in [1.165, 1.54) is 18.2 Å². The van der Waals surface area contributed by atoms with E-state index in [4.69, 9.17) is 4.74 Å². The minimum absolute atomic E-state index is 0.0516. The molecule has 0 saturated heterocycles. The Bertz CT molecular complexity index is 424. The van der Waals surface area contributed by atoms with E-state index in [9.17, 15) is 18.3 Å². The first-order valence-electron chi connectivity index (χ1n) is 5.34. The number of halogens is 3. The first-order chi connectivity index (χ1) is 8.16. The Balaban J connectivity index is 2.96. The van der Waals surface area contributed by atoms with E-state index in [0.29, 0.717) is 0 Å². The van der Waals surface area contributed by atoms with Crippen molar-refractivity contribution in [3.05, 3.63) is 42.5 Å². The highest BCUT2D eigenvalue weighted by atomic mass is 19.4. The highest BCUT2D eigenvalue weighted by molar-refractivity contribution is 5.31. The number of rotatable bonds is 4. The number of aliphatic hydroxyl groups excluding tert-OH is 1. The Kier molecular flexibility index (Phi) is 4.06. The van der Waals surface area contributed by atoms with Crippen LogP contribution in [-0.4, -0.2) is 16.8 Å². The van der Waals surface area contributed by atoms with Gasteiger partial charge in [-0.2, -0.15) is 13.2 Å². The normalized spacial score (nSPS) is 14.1. The molecule has 0 saturated carbocycles. The summed E-state index contributed by atoms with van der Waals surface area (Å²) in [6, 6.07) is 4.53. The lowest BCUT2D eigenvalue weighted by molar-refractivity contribution is -0.137. The van der Waals surface area contributed by atoms with Crippen molar-refractivity contribution in [2.24, 2.45) is 0 Å². The summed E-state index contributed by atoms with van der Waals surface area (Å²) in [4.78, 5) is 0. The maximum atomic E-state index is 12.5. The van der Waals surface area contributed by atoms with Gasteiger partial charge in [-0.05, 0) is 32.0 Å². The molecule has 1 atom stereocenters. The van der Waals surface area contributed by atoms with Gasteiger partial charge >= 0.3 is 6.18 Å². The summed E-state index contributed by atoms with van der Waals surface area (Å²) in [6.07, 6.45) is -4.12. The smallest absolute Gasteiger partial charge is 0.416 e. The topological polar surface area (TPSA) is 29.5 Å². The molecule has 100 valence electrons. The van der Waals surface area contributed by atoms with Crippen LogP contribution in [-0.2, 0) is 6.18 Å². The van der Waals surface area contributed by atoms with Crippen LogP contribution in [0.5, 0.6) is 5.75 Å². The molecule has 0 fully saturated rings. The lowest BCUT2D eigenvalue weighted by Gasteiger charge is -2.29. The highest BCUT2D eigenvalue weighted by Crippen LogP contribution is 2.32. The first kappa shape index (κ1) is 14.6. The van der Waals surface area contributed by atoms with Crippen molar-refractivity contribution >= 4 is 0 Å². The molecular weight excluding hydrogens is 245 g/mol. The maximum Gasteiger partial charge on any atom is 0.416 e. The predicted octanol–water partition coefficient (Wildman–Crippen LogP) is 3.41. The summed E-state index contributed by atoms with van der Waals surface area (Å²) in [5, 5.41) is 9.61. The Morgan fingerprint density at radius 1 is 1.33 bits per heavy atom. The minimum atomic E-state index is -4.42. The van der Waals surface area contributed by atoms with Crippen molar-refractivity contribution in [1.29, 1.82) is 0 Å². The third-order valence-corrected chi connectivity index (χ3v) is 2.48. The standard InChI is InChI=1S/C13H15F3O2/c1-4-11(17)12(2,3)18-10-7-5-6-9(8-10)13(14,15)16/h4-8,11,17H,1H2,2-3H3. The van der Waals surface area contributed by atoms with Gasteiger partial charge in [0.15, 0.2) is 0 Å². The molecular formula is C13H15F3O2. The zero-order chi connectivity index (χ0) is 14.0. The molecule has 0 spiro atoms. The second-order valence-electron chi connectivity index (χ2n) is 4.41. The zero-order valence-electron chi connectivity index (χ0n) is 10.2. The van der Waals surface area contributed by atoms with Crippen LogP contribution in [0.25, 0.3) is 0 Å². The molecule has 0 aromatic heterocycles. The lowest BCUT2D eigenvalue weighted by Crippen LogP contribution is -2.40. The molecule has 0 amide bonds. The van der Waals surface area contributed by atoms with Crippen LogP contribution < -0.4 is 4.74 Å². The van der Waals surface area contributed by atoms with E-state index in [0.717, 1.165) is 12.1 Å². The van der Waals surface area contributed by atoms with Crippen LogP contribution in [0.3, 0.4) is 0 Å². The van der Waals surface area contributed by atoms with Gasteiger partial charge in [-0.3, -0.25) is 0 Å². The van der Waals surface area contributed by atoms with E-state index >= 15 is 0 Å². The summed E-state index contributed by atoms with van der Waals surface area (Å²) >= 11 is 0. The van der Waals surface area contributed by atoms with Crippen LogP contribution in [0.2, 0.25) is 0 Å². The molecule has 0 aliphatic heterocycles. The van der Waals surface area contributed by atoms with Crippen molar-refractivity contribution < 1.29 is 23.0 Å². The third-order valence-electron chi connectivity index (χ3n) is 2.48. The first-order valence-corrected chi connectivity index (χ1v) is 5.34. The van der Waals surface area contributed by atoms with Gasteiger partial charge in [0.05, 0.1) is 5.56 Å². The fourth-order valence-electron chi connectivity index (χ4n) is 1.38. The predicted molar refractivity (Wildman–Crippen MR) is 62.4 cm³/mol. The number of ether oxygens (including phenoxy) is 1. The fraction of sp³-hybridized carbons (Fsp3) is 0.385. The molecule has 1 rings (SSSR count). The van der Waals surface area contributed by atoms with E-state index in [1.54, 1.807) is 13.8 Å². The second-order valence-corrected chi connectivity index (χ2v) is 4.41. The Hall–Kier alpha value is -1.49. The number of aliphatic hydroxyl groups is 1. The van der Waals surface area contributed by atoms with Crippen molar-refractivity contribution in [3.8, 4) is 5.75 Å². The summed E-state index contributed by atoms with van der Waals surface area (Å²) in [5.41, 5.74) is -1.84. The second kappa shape index (κ2) is 5.02. The molecule has 0 heterocycles. The molecule has 0 radical (unpaired) electrons. The molecule has 18 heavy (non-hydrogen) atoms. The summed E-state index contributed by atoms with van der Waals surface area (Å²) in [5.74, 6) is 0.0516. The third kappa shape index (κ3) is 3.50. The Labute approximate surface area is 104 Å². The zero-order valence-corrected chi connectivity index (χ0v) is 10.2. The summed E-state index contributed by atoms with van der Waals surface area (Å²) in [7, 11) is 0. The van der Waals surface area contributed by atoms with Gasteiger partial charge in [0.2, 0.25) is 0 Å². The highest BCUT2D eigenvalue weighted by Gasteiger charge is 2.32. The average Bonchev–Trinajstić information content (AvgIpc) is 2.26.